The second-order valence-corrected chi connectivity index (χ2v) is 5.41. The summed E-state index contributed by atoms with van der Waals surface area (Å²) < 4.78 is 0. The van der Waals surface area contributed by atoms with Gasteiger partial charge in [-0.25, -0.2) is 0 Å². The third-order valence-corrected chi connectivity index (χ3v) is 3.82. The molecule has 0 fully saturated rings. The van der Waals surface area contributed by atoms with Crippen LogP contribution in [0.25, 0.3) is 0 Å². The number of halogens is 2. The van der Waals surface area contributed by atoms with E-state index in [1.54, 1.807) is 6.20 Å². The van der Waals surface area contributed by atoms with Crippen molar-refractivity contribution in [3.63, 3.8) is 0 Å². The number of hydrogen-bond acceptors (Lipinski definition) is 1. The van der Waals surface area contributed by atoms with Gasteiger partial charge in [0.2, 0.25) is 0 Å². The van der Waals surface area contributed by atoms with Crippen LogP contribution in [-0.4, -0.2) is 4.98 Å². The topological polar surface area (TPSA) is 12.9 Å². The summed E-state index contributed by atoms with van der Waals surface area (Å²) in [6.07, 6.45) is 1.79. The van der Waals surface area contributed by atoms with Gasteiger partial charge in [0.15, 0.2) is 0 Å². The molecule has 0 aliphatic heterocycles. The molecule has 2 rings (SSSR count). The second kappa shape index (κ2) is 5.73. The molecule has 2 aromatic rings. The molecule has 0 aliphatic carbocycles. The average Bonchev–Trinajstić information content (AvgIpc) is 2.37. The highest BCUT2D eigenvalue weighted by Gasteiger charge is 2.19. The maximum absolute atomic E-state index is 6.54. The molecule has 0 saturated heterocycles. The summed E-state index contributed by atoms with van der Waals surface area (Å²) in [5, 5.41) is 0.598. The average molecular weight is 280 g/mol. The maximum atomic E-state index is 6.54. The van der Waals surface area contributed by atoms with Crippen LogP contribution in [0.15, 0.2) is 42.6 Å². The fraction of sp³-hybridized carbons (Fsp3) is 0.267. The van der Waals surface area contributed by atoms with Gasteiger partial charge in [-0.1, -0.05) is 30.7 Å². The Hall–Kier alpha value is -1.05. The Kier molecular flexibility index (Phi) is 4.26. The lowest BCUT2D eigenvalue weighted by Gasteiger charge is -2.18. The summed E-state index contributed by atoms with van der Waals surface area (Å²) in [5.41, 5.74) is 3.16. The highest BCUT2D eigenvalue weighted by molar-refractivity contribution is 6.31. The lowest BCUT2D eigenvalue weighted by atomic mass is 9.96. The third kappa shape index (κ3) is 3.04. The van der Waals surface area contributed by atoms with Crippen LogP contribution in [0.3, 0.4) is 0 Å². The predicted octanol–water partition coefficient (Wildman–Crippen LogP) is 5.13. The molecule has 0 aliphatic rings. The van der Waals surface area contributed by atoms with Crippen molar-refractivity contribution in [3.05, 3.63) is 64.4 Å². The SMILES string of the molecule is Cc1cc(Cl)cc(C(Cl)C(C)c2ccccn2)c1. The Balaban J connectivity index is 2.28. The molecule has 0 spiro atoms. The zero-order valence-corrected chi connectivity index (χ0v) is 11.9. The van der Waals surface area contributed by atoms with E-state index in [1.165, 1.54) is 0 Å². The number of aryl methyl sites for hydroxylation is 1. The van der Waals surface area contributed by atoms with Crippen molar-refractivity contribution < 1.29 is 0 Å². The van der Waals surface area contributed by atoms with E-state index in [4.69, 9.17) is 23.2 Å². The number of alkyl halides is 1. The van der Waals surface area contributed by atoms with Gasteiger partial charge in [-0.2, -0.15) is 0 Å². The van der Waals surface area contributed by atoms with Gasteiger partial charge in [0.05, 0.1) is 5.38 Å². The highest BCUT2D eigenvalue weighted by atomic mass is 35.5. The number of pyridine rings is 1. The minimum absolute atomic E-state index is 0.128. The molecular formula is C15H15Cl2N. The predicted molar refractivity (Wildman–Crippen MR) is 77.4 cm³/mol. The minimum Gasteiger partial charge on any atom is -0.261 e. The quantitative estimate of drug-likeness (QED) is 0.710. The Bertz CT molecular complexity index is 505. The molecular weight excluding hydrogens is 265 g/mol. The summed E-state index contributed by atoms with van der Waals surface area (Å²) >= 11 is 12.6. The van der Waals surface area contributed by atoms with Crippen LogP contribution in [0.4, 0.5) is 0 Å². The molecule has 2 unspecified atom stereocenters. The molecule has 94 valence electrons. The zero-order valence-electron chi connectivity index (χ0n) is 10.4. The Morgan fingerprint density at radius 2 is 1.94 bits per heavy atom. The van der Waals surface area contributed by atoms with Crippen molar-refractivity contribution in [2.75, 3.05) is 0 Å². The first-order chi connectivity index (χ1) is 8.58. The highest BCUT2D eigenvalue weighted by Crippen LogP contribution is 2.36. The standard InChI is InChI=1S/C15H15Cl2N/c1-10-7-12(9-13(16)8-10)15(17)11(2)14-5-3-4-6-18-14/h3-9,11,15H,1-2H3. The van der Waals surface area contributed by atoms with Gasteiger partial charge >= 0.3 is 0 Å². The molecule has 0 bridgehead atoms. The van der Waals surface area contributed by atoms with Crippen molar-refractivity contribution in [1.29, 1.82) is 0 Å². The van der Waals surface area contributed by atoms with E-state index in [9.17, 15) is 0 Å². The van der Waals surface area contributed by atoms with Crippen LogP contribution in [0.1, 0.15) is 35.0 Å². The normalized spacial score (nSPS) is 14.2. The van der Waals surface area contributed by atoms with Gasteiger partial charge in [0.1, 0.15) is 0 Å². The molecule has 0 radical (unpaired) electrons. The monoisotopic (exact) mass is 279 g/mol. The van der Waals surface area contributed by atoms with Gasteiger partial charge in [0, 0.05) is 22.8 Å². The van der Waals surface area contributed by atoms with Gasteiger partial charge < -0.3 is 0 Å². The van der Waals surface area contributed by atoms with Crippen LogP contribution in [0, 0.1) is 6.92 Å². The summed E-state index contributed by atoms with van der Waals surface area (Å²) in [5.74, 6) is 0.144. The van der Waals surface area contributed by atoms with Crippen molar-refractivity contribution in [2.45, 2.75) is 25.1 Å². The molecule has 0 saturated carbocycles. The number of nitrogens with zero attached hydrogens (tertiary/aromatic N) is 1. The van der Waals surface area contributed by atoms with Crippen LogP contribution in [0.2, 0.25) is 5.02 Å². The number of rotatable bonds is 3. The smallest absolute Gasteiger partial charge is 0.0666 e. The maximum Gasteiger partial charge on any atom is 0.0666 e. The molecule has 0 amide bonds. The van der Waals surface area contributed by atoms with E-state index < -0.39 is 0 Å². The summed E-state index contributed by atoms with van der Waals surface area (Å²) in [4.78, 5) is 4.35. The summed E-state index contributed by atoms with van der Waals surface area (Å²) in [6.45, 7) is 4.10. The minimum atomic E-state index is -0.128. The van der Waals surface area contributed by atoms with E-state index in [2.05, 4.69) is 18.0 Å². The van der Waals surface area contributed by atoms with Gasteiger partial charge in [-0.3, -0.25) is 4.98 Å². The molecule has 3 heteroatoms. The number of aromatic nitrogens is 1. The Morgan fingerprint density at radius 3 is 2.56 bits per heavy atom. The van der Waals surface area contributed by atoms with Crippen LogP contribution >= 0.6 is 23.2 Å². The van der Waals surface area contributed by atoms with Crippen LogP contribution in [-0.2, 0) is 0 Å². The molecule has 1 aromatic carbocycles. The van der Waals surface area contributed by atoms with Gasteiger partial charge in [-0.15, -0.1) is 11.6 Å². The number of benzene rings is 1. The van der Waals surface area contributed by atoms with Gasteiger partial charge in [0.25, 0.3) is 0 Å². The molecule has 0 N–H and O–H groups in total. The lowest BCUT2D eigenvalue weighted by molar-refractivity contribution is 0.706. The van der Waals surface area contributed by atoms with E-state index >= 15 is 0 Å². The lowest BCUT2D eigenvalue weighted by Crippen LogP contribution is -2.04. The largest absolute Gasteiger partial charge is 0.261 e. The summed E-state index contributed by atoms with van der Waals surface area (Å²) in [7, 11) is 0. The van der Waals surface area contributed by atoms with E-state index in [0.717, 1.165) is 21.8 Å². The molecule has 1 heterocycles. The molecule has 18 heavy (non-hydrogen) atoms. The second-order valence-electron chi connectivity index (χ2n) is 4.51. The molecule has 1 nitrogen and oxygen atoms in total. The first-order valence-electron chi connectivity index (χ1n) is 5.90. The van der Waals surface area contributed by atoms with Crippen molar-refractivity contribution >= 4 is 23.2 Å². The first-order valence-corrected chi connectivity index (χ1v) is 6.71. The third-order valence-electron chi connectivity index (χ3n) is 2.98. The van der Waals surface area contributed by atoms with E-state index in [-0.39, 0.29) is 11.3 Å². The van der Waals surface area contributed by atoms with E-state index in [1.807, 2.05) is 37.3 Å². The zero-order chi connectivity index (χ0) is 13.1. The van der Waals surface area contributed by atoms with Crippen molar-refractivity contribution in [2.24, 2.45) is 0 Å². The molecule has 1 aromatic heterocycles. The first kappa shape index (κ1) is 13.4. The Morgan fingerprint density at radius 1 is 1.17 bits per heavy atom. The van der Waals surface area contributed by atoms with Crippen molar-refractivity contribution in [3.8, 4) is 0 Å². The van der Waals surface area contributed by atoms with Crippen LogP contribution in [0.5, 0.6) is 0 Å². The molecule has 2 atom stereocenters. The summed E-state index contributed by atoms with van der Waals surface area (Å²) in [6, 6.07) is 11.8. The van der Waals surface area contributed by atoms with Gasteiger partial charge in [-0.05, 0) is 42.3 Å². The van der Waals surface area contributed by atoms with E-state index in [0.29, 0.717) is 0 Å². The number of hydrogen-bond donors (Lipinski definition) is 0. The fourth-order valence-corrected chi connectivity index (χ4v) is 2.56. The fourth-order valence-electron chi connectivity index (χ4n) is 2.01. The van der Waals surface area contributed by atoms with Crippen molar-refractivity contribution in [1.82, 2.24) is 4.98 Å². The van der Waals surface area contributed by atoms with Crippen LogP contribution < -0.4 is 0 Å². The Labute approximate surface area is 118 Å².